The lowest BCUT2D eigenvalue weighted by molar-refractivity contribution is 0.0923. The van der Waals surface area contributed by atoms with Crippen molar-refractivity contribution in [3.63, 3.8) is 0 Å². The van der Waals surface area contributed by atoms with E-state index in [9.17, 15) is 4.79 Å². The van der Waals surface area contributed by atoms with Crippen molar-refractivity contribution in [3.8, 4) is 6.07 Å². The van der Waals surface area contributed by atoms with Crippen molar-refractivity contribution in [1.82, 2.24) is 14.9 Å². The summed E-state index contributed by atoms with van der Waals surface area (Å²) in [5.74, 6) is -0.0678. The summed E-state index contributed by atoms with van der Waals surface area (Å²) >= 11 is 0. The van der Waals surface area contributed by atoms with Crippen LogP contribution < -0.4 is 10.2 Å². The maximum absolute atomic E-state index is 12.2. The Hall–Kier alpha value is -2.81. The minimum Gasteiger partial charge on any atom is -0.371 e. The number of imidazole rings is 1. The van der Waals surface area contributed by atoms with Crippen LogP contribution in [-0.2, 0) is 7.05 Å². The SMILES string of the molecule is Cn1cncc1C(=O)NC1CCN(c2ccc(C#N)cc2)CC1. The predicted octanol–water partition coefficient (Wildman–Crippen LogP) is 1.69. The molecule has 6 nitrogen and oxygen atoms in total. The Kier molecular flexibility index (Phi) is 4.29. The van der Waals surface area contributed by atoms with Crippen molar-refractivity contribution in [2.24, 2.45) is 7.05 Å². The molecule has 6 heteroatoms. The first-order chi connectivity index (χ1) is 11.2. The molecule has 0 bridgehead atoms. The molecule has 118 valence electrons. The Labute approximate surface area is 135 Å². The first kappa shape index (κ1) is 15.1. The number of rotatable bonds is 3. The fourth-order valence-corrected chi connectivity index (χ4v) is 2.86. The van der Waals surface area contributed by atoms with E-state index in [4.69, 9.17) is 5.26 Å². The molecule has 0 atom stereocenters. The number of aryl methyl sites for hydroxylation is 1. The Balaban J connectivity index is 1.55. The number of hydrogen-bond acceptors (Lipinski definition) is 4. The van der Waals surface area contributed by atoms with Crippen molar-refractivity contribution >= 4 is 11.6 Å². The first-order valence-corrected chi connectivity index (χ1v) is 7.69. The second kappa shape index (κ2) is 6.53. The second-order valence-electron chi connectivity index (χ2n) is 5.78. The number of nitriles is 1. The Bertz CT molecular complexity index is 720. The van der Waals surface area contributed by atoms with Crippen molar-refractivity contribution in [2.75, 3.05) is 18.0 Å². The van der Waals surface area contributed by atoms with Gasteiger partial charge in [-0.3, -0.25) is 4.79 Å². The highest BCUT2D eigenvalue weighted by Gasteiger charge is 2.22. The molecule has 1 amide bonds. The van der Waals surface area contributed by atoms with E-state index in [1.165, 1.54) is 0 Å². The highest BCUT2D eigenvalue weighted by atomic mass is 16.2. The molecule has 2 heterocycles. The van der Waals surface area contributed by atoms with E-state index in [0.29, 0.717) is 11.3 Å². The standard InChI is InChI=1S/C17H19N5O/c1-21-12-19-11-16(21)17(23)20-14-6-8-22(9-7-14)15-4-2-13(10-18)3-5-15/h2-5,11-12,14H,6-9H2,1H3,(H,20,23). The van der Waals surface area contributed by atoms with Gasteiger partial charge >= 0.3 is 0 Å². The van der Waals surface area contributed by atoms with Crippen LogP contribution >= 0.6 is 0 Å². The zero-order valence-corrected chi connectivity index (χ0v) is 13.1. The third-order valence-electron chi connectivity index (χ3n) is 4.24. The molecule has 0 radical (unpaired) electrons. The minimum absolute atomic E-state index is 0.0678. The summed E-state index contributed by atoms with van der Waals surface area (Å²) in [6.07, 6.45) is 5.02. The molecule has 3 rings (SSSR count). The number of aromatic nitrogens is 2. The monoisotopic (exact) mass is 309 g/mol. The van der Waals surface area contributed by atoms with Gasteiger partial charge < -0.3 is 14.8 Å². The number of anilines is 1. The maximum Gasteiger partial charge on any atom is 0.269 e. The second-order valence-corrected chi connectivity index (χ2v) is 5.78. The Morgan fingerprint density at radius 3 is 2.57 bits per heavy atom. The van der Waals surface area contributed by atoms with Gasteiger partial charge in [-0.2, -0.15) is 5.26 Å². The van der Waals surface area contributed by atoms with Gasteiger partial charge in [-0.15, -0.1) is 0 Å². The van der Waals surface area contributed by atoms with Gasteiger partial charge in [0.2, 0.25) is 0 Å². The number of carbonyl (C=O) groups is 1. The fraction of sp³-hybridized carbons (Fsp3) is 0.353. The normalized spacial score (nSPS) is 15.2. The number of piperidine rings is 1. The van der Waals surface area contributed by atoms with Gasteiger partial charge in [0.1, 0.15) is 5.69 Å². The minimum atomic E-state index is -0.0678. The molecule has 0 unspecified atom stereocenters. The Morgan fingerprint density at radius 2 is 2.00 bits per heavy atom. The molecular formula is C17H19N5O. The highest BCUT2D eigenvalue weighted by Crippen LogP contribution is 2.20. The quantitative estimate of drug-likeness (QED) is 0.936. The summed E-state index contributed by atoms with van der Waals surface area (Å²) in [6.45, 7) is 1.78. The summed E-state index contributed by atoms with van der Waals surface area (Å²) in [4.78, 5) is 18.5. The topological polar surface area (TPSA) is 74.0 Å². The van der Waals surface area contributed by atoms with Crippen LogP contribution in [0, 0.1) is 11.3 Å². The van der Waals surface area contributed by atoms with E-state index in [0.717, 1.165) is 31.6 Å². The van der Waals surface area contributed by atoms with Crippen molar-refractivity contribution in [3.05, 3.63) is 48.0 Å². The van der Waals surface area contributed by atoms with Crippen LogP contribution in [0.25, 0.3) is 0 Å². The number of amides is 1. The first-order valence-electron chi connectivity index (χ1n) is 7.69. The van der Waals surface area contributed by atoms with E-state index in [-0.39, 0.29) is 11.9 Å². The third kappa shape index (κ3) is 3.34. The zero-order chi connectivity index (χ0) is 16.2. The summed E-state index contributed by atoms with van der Waals surface area (Å²) in [5, 5.41) is 11.9. The van der Waals surface area contributed by atoms with Crippen molar-refractivity contribution in [2.45, 2.75) is 18.9 Å². The zero-order valence-electron chi connectivity index (χ0n) is 13.1. The maximum atomic E-state index is 12.2. The molecule has 23 heavy (non-hydrogen) atoms. The largest absolute Gasteiger partial charge is 0.371 e. The van der Waals surface area contributed by atoms with Crippen LogP contribution in [0.3, 0.4) is 0 Å². The average molecular weight is 309 g/mol. The number of carbonyl (C=O) groups excluding carboxylic acids is 1. The molecule has 0 saturated carbocycles. The Morgan fingerprint density at radius 1 is 1.30 bits per heavy atom. The van der Waals surface area contributed by atoms with Crippen LogP contribution in [0.5, 0.6) is 0 Å². The van der Waals surface area contributed by atoms with E-state index < -0.39 is 0 Å². The van der Waals surface area contributed by atoms with Gasteiger partial charge in [-0.05, 0) is 37.1 Å². The predicted molar refractivity (Wildman–Crippen MR) is 87.1 cm³/mol. The number of hydrogen-bond donors (Lipinski definition) is 1. The lowest BCUT2D eigenvalue weighted by atomic mass is 10.0. The van der Waals surface area contributed by atoms with Crippen LogP contribution in [0.4, 0.5) is 5.69 Å². The lowest BCUT2D eigenvalue weighted by Crippen LogP contribution is -2.45. The van der Waals surface area contributed by atoms with E-state index in [1.807, 2.05) is 31.3 Å². The molecular weight excluding hydrogens is 290 g/mol. The van der Waals surface area contributed by atoms with Crippen LogP contribution in [-0.4, -0.2) is 34.6 Å². The smallest absolute Gasteiger partial charge is 0.269 e. The average Bonchev–Trinajstić information content (AvgIpc) is 3.02. The molecule has 1 aromatic heterocycles. The highest BCUT2D eigenvalue weighted by molar-refractivity contribution is 5.92. The molecule has 1 aromatic carbocycles. The number of nitrogens with zero attached hydrogens (tertiary/aromatic N) is 4. The molecule has 2 aromatic rings. The van der Waals surface area contributed by atoms with Crippen LogP contribution in [0.2, 0.25) is 0 Å². The molecule has 1 fully saturated rings. The number of nitrogens with one attached hydrogen (secondary N) is 1. The fourth-order valence-electron chi connectivity index (χ4n) is 2.86. The van der Waals surface area contributed by atoms with Gasteiger partial charge in [-0.25, -0.2) is 4.98 Å². The van der Waals surface area contributed by atoms with Gasteiger partial charge in [0.15, 0.2) is 0 Å². The molecule has 1 aliphatic heterocycles. The van der Waals surface area contributed by atoms with Gasteiger partial charge in [0.05, 0.1) is 24.2 Å². The number of benzene rings is 1. The van der Waals surface area contributed by atoms with Gasteiger partial charge in [0.25, 0.3) is 5.91 Å². The van der Waals surface area contributed by atoms with E-state index >= 15 is 0 Å². The summed E-state index contributed by atoms with van der Waals surface area (Å²) in [7, 11) is 1.81. The molecule has 0 aliphatic carbocycles. The van der Waals surface area contributed by atoms with E-state index in [2.05, 4.69) is 21.3 Å². The molecule has 1 saturated heterocycles. The molecule has 1 aliphatic rings. The summed E-state index contributed by atoms with van der Waals surface area (Å²) in [5.41, 5.74) is 2.38. The van der Waals surface area contributed by atoms with Crippen molar-refractivity contribution in [1.29, 1.82) is 5.26 Å². The van der Waals surface area contributed by atoms with Gasteiger partial charge in [-0.1, -0.05) is 0 Å². The third-order valence-corrected chi connectivity index (χ3v) is 4.24. The van der Waals surface area contributed by atoms with E-state index in [1.54, 1.807) is 17.1 Å². The summed E-state index contributed by atoms with van der Waals surface area (Å²) in [6, 6.07) is 9.95. The van der Waals surface area contributed by atoms with Gasteiger partial charge in [0, 0.05) is 31.9 Å². The summed E-state index contributed by atoms with van der Waals surface area (Å²) < 4.78 is 1.72. The van der Waals surface area contributed by atoms with Crippen LogP contribution in [0.1, 0.15) is 28.9 Å². The lowest BCUT2D eigenvalue weighted by Gasteiger charge is -2.34. The van der Waals surface area contributed by atoms with Crippen molar-refractivity contribution < 1.29 is 4.79 Å². The van der Waals surface area contributed by atoms with Crippen LogP contribution in [0.15, 0.2) is 36.8 Å². The molecule has 1 N–H and O–H groups in total. The molecule has 0 spiro atoms.